The largest absolute Gasteiger partial charge is 0.326 e. The number of carbonyl (C=O) groups is 2. The summed E-state index contributed by atoms with van der Waals surface area (Å²) in [7, 11) is 0. The summed E-state index contributed by atoms with van der Waals surface area (Å²) in [6.45, 7) is 5.71. The quantitative estimate of drug-likeness (QED) is 0.356. The summed E-state index contributed by atoms with van der Waals surface area (Å²) in [5.41, 5.74) is 2.32. The topological polar surface area (TPSA) is 82.0 Å². The molecule has 174 valence electrons. The van der Waals surface area contributed by atoms with Crippen LogP contribution >= 0.6 is 23.4 Å². The molecule has 5 nitrogen and oxygen atoms in total. The molecule has 0 spiro atoms. The zero-order valence-electron chi connectivity index (χ0n) is 19.3. The highest BCUT2D eigenvalue weighted by atomic mass is 35.5. The first kappa shape index (κ1) is 25.4. The molecule has 0 unspecified atom stereocenters. The third-order valence-corrected chi connectivity index (χ3v) is 6.62. The number of nitrogens with zero attached hydrogens (tertiary/aromatic N) is 1. The number of hydrogen-bond acceptors (Lipinski definition) is 4. The minimum atomic E-state index is -0.868. The van der Waals surface area contributed by atoms with Gasteiger partial charge >= 0.3 is 0 Å². The standard InChI is InChI=1S/C27H26ClN3O2S/c1-4-34-22-12-5-18(6-13-22)16-25(32)30-21-10-8-20(9-11-21)27(2,3)26(33)31-24-15-19(17-29)7-14-23(24)28/h5-15H,4,16H2,1-3H3,(H,30,32)(H,31,33). The molecule has 2 amide bonds. The van der Waals surface area contributed by atoms with Gasteiger partial charge in [0.25, 0.3) is 0 Å². The number of halogens is 1. The Labute approximate surface area is 209 Å². The molecule has 0 heterocycles. The first-order chi connectivity index (χ1) is 16.2. The monoisotopic (exact) mass is 491 g/mol. The highest BCUT2D eigenvalue weighted by Gasteiger charge is 2.30. The maximum absolute atomic E-state index is 13.0. The van der Waals surface area contributed by atoms with Gasteiger partial charge < -0.3 is 10.6 Å². The van der Waals surface area contributed by atoms with Crippen molar-refractivity contribution in [3.63, 3.8) is 0 Å². The third-order valence-electron chi connectivity index (χ3n) is 5.40. The first-order valence-electron chi connectivity index (χ1n) is 10.9. The van der Waals surface area contributed by atoms with Crippen molar-refractivity contribution in [2.75, 3.05) is 16.4 Å². The molecule has 0 atom stereocenters. The second kappa shape index (κ2) is 11.2. The molecular weight excluding hydrogens is 466 g/mol. The Morgan fingerprint density at radius 1 is 1.00 bits per heavy atom. The van der Waals surface area contributed by atoms with Gasteiger partial charge in [-0.25, -0.2) is 0 Å². The average molecular weight is 492 g/mol. The second-order valence-electron chi connectivity index (χ2n) is 8.26. The molecule has 34 heavy (non-hydrogen) atoms. The van der Waals surface area contributed by atoms with Gasteiger partial charge in [-0.05, 0) is 73.2 Å². The molecule has 0 saturated heterocycles. The van der Waals surface area contributed by atoms with Crippen molar-refractivity contribution in [3.8, 4) is 6.07 Å². The maximum Gasteiger partial charge on any atom is 0.234 e. The van der Waals surface area contributed by atoms with E-state index in [0.717, 1.165) is 16.9 Å². The van der Waals surface area contributed by atoms with Crippen LogP contribution in [0.3, 0.4) is 0 Å². The van der Waals surface area contributed by atoms with Crippen molar-refractivity contribution in [3.05, 3.63) is 88.4 Å². The van der Waals surface area contributed by atoms with Crippen LogP contribution in [0.2, 0.25) is 5.02 Å². The maximum atomic E-state index is 13.0. The molecule has 0 aliphatic heterocycles. The van der Waals surface area contributed by atoms with Crippen molar-refractivity contribution in [2.24, 2.45) is 0 Å². The van der Waals surface area contributed by atoms with Crippen LogP contribution in [-0.4, -0.2) is 17.6 Å². The number of benzene rings is 3. The number of carbonyl (C=O) groups excluding carboxylic acids is 2. The first-order valence-corrected chi connectivity index (χ1v) is 12.2. The smallest absolute Gasteiger partial charge is 0.234 e. The summed E-state index contributed by atoms with van der Waals surface area (Å²) in [5, 5.41) is 15.2. The summed E-state index contributed by atoms with van der Waals surface area (Å²) in [5.74, 6) is 0.648. The fourth-order valence-electron chi connectivity index (χ4n) is 3.33. The van der Waals surface area contributed by atoms with Crippen molar-refractivity contribution >= 4 is 46.6 Å². The Balaban J connectivity index is 1.63. The van der Waals surface area contributed by atoms with Crippen LogP contribution < -0.4 is 10.6 Å². The van der Waals surface area contributed by atoms with Crippen molar-refractivity contribution in [2.45, 2.75) is 37.5 Å². The van der Waals surface area contributed by atoms with Gasteiger partial charge in [-0.15, -0.1) is 11.8 Å². The molecule has 2 N–H and O–H groups in total. The van der Waals surface area contributed by atoms with Crippen LogP contribution in [0.5, 0.6) is 0 Å². The number of thioether (sulfide) groups is 1. The number of rotatable bonds is 8. The zero-order valence-corrected chi connectivity index (χ0v) is 20.9. The van der Waals surface area contributed by atoms with E-state index in [1.165, 1.54) is 4.90 Å². The zero-order chi connectivity index (χ0) is 24.7. The predicted octanol–water partition coefficient (Wildman–Crippen LogP) is 6.42. The van der Waals surface area contributed by atoms with E-state index in [9.17, 15) is 9.59 Å². The lowest BCUT2D eigenvalue weighted by atomic mass is 9.83. The number of amides is 2. The molecule has 3 rings (SSSR count). The predicted molar refractivity (Wildman–Crippen MR) is 139 cm³/mol. The van der Waals surface area contributed by atoms with Gasteiger partial charge in [-0.1, -0.05) is 42.8 Å². The number of nitrogens with one attached hydrogen (secondary N) is 2. The van der Waals surface area contributed by atoms with E-state index in [0.29, 0.717) is 22.0 Å². The Morgan fingerprint density at radius 2 is 1.68 bits per heavy atom. The molecule has 3 aromatic carbocycles. The summed E-state index contributed by atoms with van der Waals surface area (Å²) < 4.78 is 0. The molecule has 7 heteroatoms. The van der Waals surface area contributed by atoms with E-state index >= 15 is 0 Å². The second-order valence-corrected chi connectivity index (χ2v) is 10.0. The Hall–Kier alpha value is -3.27. The molecule has 0 fully saturated rings. The van der Waals surface area contributed by atoms with Gasteiger partial charge in [0, 0.05) is 10.6 Å². The van der Waals surface area contributed by atoms with Gasteiger partial charge in [-0.3, -0.25) is 9.59 Å². The average Bonchev–Trinajstić information content (AvgIpc) is 2.82. The van der Waals surface area contributed by atoms with E-state index in [-0.39, 0.29) is 18.2 Å². The van der Waals surface area contributed by atoms with Gasteiger partial charge in [0.05, 0.1) is 34.2 Å². The van der Waals surface area contributed by atoms with Crippen LogP contribution in [-0.2, 0) is 21.4 Å². The van der Waals surface area contributed by atoms with Crippen LogP contribution in [0.4, 0.5) is 11.4 Å². The highest BCUT2D eigenvalue weighted by Crippen LogP contribution is 2.29. The van der Waals surface area contributed by atoms with E-state index in [1.807, 2.05) is 42.5 Å². The van der Waals surface area contributed by atoms with Gasteiger partial charge in [0.2, 0.25) is 11.8 Å². The number of anilines is 2. The lowest BCUT2D eigenvalue weighted by molar-refractivity contribution is -0.120. The Bertz CT molecular complexity index is 1220. The summed E-state index contributed by atoms with van der Waals surface area (Å²) in [6.07, 6.45) is 0.287. The molecule has 0 saturated carbocycles. The van der Waals surface area contributed by atoms with E-state index in [2.05, 4.69) is 17.6 Å². The van der Waals surface area contributed by atoms with Gasteiger partial charge in [0.15, 0.2) is 0 Å². The summed E-state index contributed by atoms with van der Waals surface area (Å²) in [4.78, 5) is 26.6. The van der Waals surface area contributed by atoms with E-state index < -0.39 is 5.41 Å². The fraction of sp³-hybridized carbons (Fsp3) is 0.222. The molecule has 3 aromatic rings. The number of nitriles is 1. The molecular formula is C27H26ClN3O2S. The van der Waals surface area contributed by atoms with Crippen LogP contribution in [0.1, 0.15) is 37.5 Å². The minimum absolute atomic E-state index is 0.104. The van der Waals surface area contributed by atoms with Crippen molar-refractivity contribution in [1.82, 2.24) is 0 Å². The van der Waals surface area contributed by atoms with Crippen molar-refractivity contribution < 1.29 is 9.59 Å². The molecule has 0 aliphatic rings. The lowest BCUT2D eigenvalue weighted by Gasteiger charge is -2.25. The van der Waals surface area contributed by atoms with E-state index in [1.54, 1.807) is 55.9 Å². The van der Waals surface area contributed by atoms with Crippen LogP contribution in [0.25, 0.3) is 0 Å². The normalized spacial score (nSPS) is 10.9. The van der Waals surface area contributed by atoms with Gasteiger partial charge in [-0.2, -0.15) is 5.26 Å². The summed E-state index contributed by atoms with van der Waals surface area (Å²) >= 11 is 7.94. The highest BCUT2D eigenvalue weighted by molar-refractivity contribution is 7.99. The molecule has 0 bridgehead atoms. The van der Waals surface area contributed by atoms with Crippen molar-refractivity contribution in [1.29, 1.82) is 5.26 Å². The molecule has 0 radical (unpaired) electrons. The Morgan fingerprint density at radius 3 is 2.29 bits per heavy atom. The van der Waals surface area contributed by atoms with Crippen LogP contribution in [0, 0.1) is 11.3 Å². The molecule has 0 aliphatic carbocycles. The van der Waals surface area contributed by atoms with Crippen LogP contribution in [0.15, 0.2) is 71.6 Å². The molecule has 0 aromatic heterocycles. The number of hydrogen-bond donors (Lipinski definition) is 2. The third kappa shape index (κ3) is 6.40. The fourth-order valence-corrected chi connectivity index (χ4v) is 4.16. The summed E-state index contributed by atoms with van der Waals surface area (Å²) in [6, 6.07) is 22.0. The van der Waals surface area contributed by atoms with Gasteiger partial charge in [0.1, 0.15) is 0 Å². The lowest BCUT2D eigenvalue weighted by Crippen LogP contribution is -2.34. The minimum Gasteiger partial charge on any atom is -0.326 e. The SMILES string of the molecule is CCSc1ccc(CC(=O)Nc2ccc(C(C)(C)C(=O)Nc3cc(C#N)ccc3Cl)cc2)cc1. The Kier molecular flexibility index (Phi) is 8.38. The van der Waals surface area contributed by atoms with E-state index in [4.69, 9.17) is 16.9 Å².